The molecule has 8 heteroatoms. The van der Waals surface area contributed by atoms with Crippen LogP contribution >= 0.6 is 23.1 Å². The SMILES string of the molecule is CCCN1CC(=Cc2csnn2)C(=O)C(=Cc2csnn2)C1. The van der Waals surface area contributed by atoms with Crippen LogP contribution in [0, 0.1) is 0 Å². The molecule has 1 aliphatic heterocycles. The lowest BCUT2D eigenvalue weighted by molar-refractivity contribution is -0.113. The van der Waals surface area contributed by atoms with E-state index in [9.17, 15) is 4.79 Å². The lowest BCUT2D eigenvalue weighted by atomic mass is 9.96. The second kappa shape index (κ2) is 6.99. The molecule has 0 bridgehead atoms. The molecular formula is C14H15N5OS2. The van der Waals surface area contributed by atoms with Gasteiger partial charge in [0.05, 0.1) is 11.4 Å². The highest BCUT2D eigenvalue weighted by atomic mass is 32.1. The smallest absolute Gasteiger partial charge is 0.187 e. The molecule has 3 heterocycles. The summed E-state index contributed by atoms with van der Waals surface area (Å²) in [5.74, 6) is 0.0633. The van der Waals surface area contributed by atoms with Crippen LogP contribution in [-0.4, -0.2) is 49.5 Å². The standard InChI is InChI=1S/C14H15N5OS2/c1-2-3-19-6-10(4-12-8-21-17-15-12)14(20)11(7-19)5-13-9-22-18-16-13/h4-5,8-9H,2-3,6-7H2,1H3. The zero-order chi connectivity index (χ0) is 15.4. The molecule has 6 nitrogen and oxygen atoms in total. The van der Waals surface area contributed by atoms with Crippen molar-refractivity contribution < 1.29 is 4.79 Å². The maximum Gasteiger partial charge on any atom is 0.187 e. The topological polar surface area (TPSA) is 71.9 Å². The lowest BCUT2D eigenvalue weighted by Gasteiger charge is -2.29. The van der Waals surface area contributed by atoms with E-state index < -0.39 is 0 Å². The first-order valence-electron chi connectivity index (χ1n) is 6.98. The lowest BCUT2D eigenvalue weighted by Crippen LogP contribution is -2.38. The zero-order valence-electron chi connectivity index (χ0n) is 12.1. The summed E-state index contributed by atoms with van der Waals surface area (Å²) in [6, 6.07) is 0. The number of Topliss-reactive ketones (excluding diaryl/α,β-unsaturated/α-hetero) is 1. The Morgan fingerprint density at radius 3 is 2.05 bits per heavy atom. The molecule has 0 aromatic carbocycles. The molecule has 0 radical (unpaired) electrons. The second-order valence-corrected chi connectivity index (χ2v) is 6.26. The van der Waals surface area contributed by atoms with E-state index in [0.717, 1.165) is 35.5 Å². The van der Waals surface area contributed by atoms with Crippen molar-refractivity contribution in [2.24, 2.45) is 0 Å². The minimum atomic E-state index is 0.0633. The predicted octanol–water partition coefficient (Wildman–Crippen LogP) is 2.15. The normalized spacial score (nSPS) is 20.1. The fourth-order valence-electron chi connectivity index (χ4n) is 2.41. The number of hydrogen-bond acceptors (Lipinski definition) is 8. The maximum atomic E-state index is 12.7. The number of nitrogens with zero attached hydrogens (tertiary/aromatic N) is 5. The summed E-state index contributed by atoms with van der Waals surface area (Å²) >= 11 is 2.57. The van der Waals surface area contributed by atoms with E-state index in [4.69, 9.17) is 0 Å². The van der Waals surface area contributed by atoms with Crippen LogP contribution in [0.2, 0.25) is 0 Å². The van der Waals surface area contributed by atoms with Crippen molar-refractivity contribution in [1.82, 2.24) is 24.1 Å². The quantitative estimate of drug-likeness (QED) is 0.798. The van der Waals surface area contributed by atoms with Crippen LogP contribution < -0.4 is 0 Å². The molecule has 0 unspecified atom stereocenters. The van der Waals surface area contributed by atoms with Gasteiger partial charge in [0, 0.05) is 35.0 Å². The van der Waals surface area contributed by atoms with E-state index in [1.165, 1.54) is 23.1 Å². The van der Waals surface area contributed by atoms with Crippen LogP contribution in [-0.2, 0) is 4.79 Å². The number of hydrogen-bond donors (Lipinski definition) is 0. The van der Waals surface area contributed by atoms with Crippen molar-refractivity contribution in [3.05, 3.63) is 33.3 Å². The van der Waals surface area contributed by atoms with E-state index in [1.807, 2.05) is 22.9 Å². The highest BCUT2D eigenvalue weighted by molar-refractivity contribution is 7.03. The Balaban J connectivity index is 1.91. The molecule has 1 saturated heterocycles. The van der Waals surface area contributed by atoms with Crippen molar-refractivity contribution in [2.45, 2.75) is 13.3 Å². The first-order chi connectivity index (χ1) is 10.8. The van der Waals surface area contributed by atoms with Gasteiger partial charge in [0.25, 0.3) is 0 Å². The Morgan fingerprint density at radius 1 is 1.09 bits per heavy atom. The molecule has 1 fully saturated rings. The van der Waals surface area contributed by atoms with Gasteiger partial charge >= 0.3 is 0 Å². The average molecular weight is 333 g/mol. The number of rotatable bonds is 4. The molecule has 2 aromatic rings. The van der Waals surface area contributed by atoms with Crippen LogP contribution in [0.5, 0.6) is 0 Å². The van der Waals surface area contributed by atoms with Gasteiger partial charge < -0.3 is 0 Å². The summed E-state index contributed by atoms with van der Waals surface area (Å²) in [6.07, 6.45) is 4.72. The second-order valence-electron chi connectivity index (χ2n) is 5.04. The Bertz CT molecular complexity index is 635. The van der Waals surface area contributed by atoms with E-state index >= 15 is 0 Å². The van der Waals surface area contributed by atoms with Crippen LogP contribution in [0.3, 0.4) is 0 Å². The van der Waals surface area contributed by atoms with E-state index in [-0.39, 0.29) is 5.78 Å². The Hall–Kier alpha value is -1.77. The van der Waals surface area contributed by atoms with Gasteiger partial charge in [-0.2, -0.15) is 0 Å². The average Bonchev–Trinajstić information content (AvgIpc) is 3.17. The first kappa shape index (κ1) is 15.1. The molecule has 0 atom stereocenters. The summed E-state index contributed by atoms with van der Waals surface area (Å²) in [4.78, 5) is 14.9. The predicted molar refractivity (Wildman–Crippen MR) is 87.5 cm³/mol. The first-order valence-corrected chi connectivity index (χ1v) is 8.66. The zero-order valence-corrected chi connectivity index (χ0v) is 13.7. The van der Waals surface area contributed by atoms with Crippen molar-refractivity contribution in [2.75, 3.05) is 19.6 Å². The summed E-state index contributed by atoms with van der Waals surface area (Å²) in [7, 11) is 0. The monoisotopic (exact) mass is 333 g/mol. The number of likely N-dealkylation sites (tertiary alicyclic amines) is 1. The van der Waals surface area contributed by atoms with Gasteiger partial charge in [0.2, 0.25) is 0 Å². The highest BCUT2D eigenvalue weighted by Gasteiger charge is 2.26. The van der Waals surface area contributed by atoms with Crippen molar-refractivity contribution in [1.29, 1.82) is 0 Å². The van der Waals surface area contributed by atoms with Crippen molar-refractivity contribution in [3.63, 3.8) is 0 Å². The minimum absolute atomic E-state index is 0.0633. The number of ketones is 1. The number of aromatic nitrogens is 4. The number of carbonyl (C=O) groups is 1. The van der Waals surface area contributed by atoms with E-state index in [0.29, 0.717) is 13.1 Å². The molecule has 22 heavy (non-hydrogen) atoms. The summed E-state index contributed by atoms with van der Waals surface area (Å²) in [6.45, 7) is 4.39. The van der Waals surface area contributed by atoms with Crippen molar-refractivity contribution >= 4 is 41.0 Å². The Kier molecular flexibility index (Phi) is 4.81. The van der Waals surface area contributed by atoms with Crippen LogP contribution in [0.25, 0.3) is 12.2 Å². The molecule has 2 aromatic heterocycles. The molecule has 114 valence electrons. The molecule has 3 rings (SSSR count). The van der Waals surface area contributed by atoms with Gasteiger partial charge in [-0.1, -0.05) is 15.9 Å². The van der Waals surface area contributed by atoms with Gasteiger partial charge in [0.1, 0.15) is 0 Å². The molecule has 0 aliphatic carbocycles. The third kappa shape index (κ3) is 3.52. The fourth-order valence-corrected chi connectivity index (χ4v) is 3.23. The van der Waals surface area contributed by atoms with Gasteiger partial charge in [-0.25, -0.2) is 0 Å². The highest BCUT2D eigenvalue weighted by Crippen LogP contribution is 2.21. The molecule has 0 saturated carbocycles. The van der Waals surface area contributed by atoms with E-state index in [1.54, 1.807) is 0 Å². The summed E-state index contributed by atoms with van der Waals surface area (Å²) < 4.78 is 7.68. The molecule has 0 spiro atoms. The largest absolute Gasteiger partial charge is 0.295 e. The molecule has 0 N–H and O–H groups in total. The third-order valence-corrected chi connectivity index (χ3v) is 4.35. The number of piperidine rings is 1. The Morgan fingerprint density at radius 2 is 1.64 bits per heavy atom. The maximum absolute atomic E-state index is 12.7. The summed E-state index contributed by atoms with van der Waals surface area (Å²) in [5.41, 5.74) is 2.98. The van der Waals surface area contributed by atoms with E-state index in [2.05, 4.69) is 31.0 Å². The van der Waals surface area contributed by atoms with Crippen LogP contribution in [0.15, 0.2) is 21.9 Å². The molecule has 1 aliphatic rings. The molecular weight excluding hydrogens is 318 g/mol. The van der Waals surface area contributed by atoms with Gasteiger partial charge in [0.15, 0.2) is 5.78 Å². The van der Waals surface area contributed by atoms with Crippen molar-refractivity contribution in [3.8, 4) is 0 Å². The van der Waals surface area contributed by atoms with Gasteiger partial charge in [-0.3, -0.25) is 9.69 Å². The van der Waals surface area contributed by atoms with Crippen LogP contribution in [0.4, 0.5) is 0 Å². The third-order valence-electron chi connectivity index (χ3n) is 3.31. The van der Waals surface area contributed by atoms with Gasteiger partial charge in [-0.05, 0) is 48.2 Å². The molecule has 0 amide bonds. The number of carbonyl (C=O) groups excluding carboxylic acids is 1. The summed E-state index contributed by atoms with van der Waals surface area (Å²) in [5, 5.41) is 11.7. The minimum Gasteiger partial charge on any atom is -0.295 e. The Labute approximate surface area is 136 Å². The fraction of sp³-hybridized carbons (Fsp3) is 0.357. The van der Waals surface area contributed by atoms with Crippen LogP contribution in [0.1, 0.15) is 24.7 Å². The van der Waals surface area contributed by atoms with Gasteiger partial charge in [-0.15, -0.1) is 10.2 Å².